The van der Waals surface area contributed by atoms with Gasteiger partial charge < -0.3 is 19.9 Å². The normalized spacial score (nSPS) is 16.2. The summed E-state index contributed by atoms with van der Waals surface area (Å²) >= 11 is 6.05. The van der Waals surface area contributed by atoms with Crippen LogP contribution in [0.4, 0.5) is 9.59 Å². The van der Waals surface area contributed by atoms with Gasteiger partial charge in [0.2, 0.25) is 0 Å². The van der Waals surface area contributed by atoms with Gasteiger partial charge in [-0.1, -0.05) is 30.7 Å². The molecular formula is C19H28ClN3O3. The van der Waals surface area contributed by atoms with Crippen LogP contribution in [0.2, 0.25) is 5.02 Å². The molecule has 6 nitrogen and oxygen atoms in total. The molecule has 3 amide bonds. The molecule has 0 radical (unpaired) electrons. The van der Waals surface area contributed by atoms with Crippen molar-refractivity contribution in [3.8, 4) is 0 Å². The van der Waals surface area contributed by atoms with Crippen molar-refractivity contribution in [3.05, 3.63) is 34.9 Å². The van der Waals surface area contributed by atoms with Crippen molar-refractivity contribution < 1.29 is 14.3 Å². The van der Waals surface area contributed by atoms with Crippen LogP contribution < -0.4 is 5.32 Å². The Bertz CT molecular complexity index is 637. The molecule has 0 bridgehead atoms. The number of hydrogen-bond acceptors (Lipinski definition) is 3. The van der Waals surface area contributed by atoms with Gasteiger partial charge in [0.25, 0.3) is 0 Å². The molecule has 1 aliphatic heterocycles. The minimum Gasteiger partial charge on any atom is -0.444 e. The number of rotatable bonds is 3. The lowest BCUT2D eigenvalue weighted by molar-refractivity contribution is 0.0169. The second kappa shape index (κ2) is 8.62. The number of hydrogen-bond donors (Lipinski definition) is 1. The lowest BCUT2D eigenvalue weighted by Gasteiger charge is -2.36. The van der Waals surface area contributed by atoms with Crippen LogP contribution in [0.5, 0.6) is 0 Å². The van der Waals surface area contributed by atoms with Gasteiger partial charge in [0.05, 0.1) is 6.04 Å². The molecule has 0 saturated carbocycles. The molecule has 0 aromatic heterocycles. The van der Waals surface area contributed by atoms with Gasteiger partial charge in [0.15, 0.2) is 0 Å². The molecule has 1 saturated heterocycles. The van der Waals surface area contributed by atoms with Gasteiger partial charge in [-0.15, -0.1) is 0 Å². The third-order valence-electron chi connectivity index (χ3n) is 4.18. The fourth-order valence-corrected chi connectivity index (χ4v) is 3.00. The van der Waals surface area contributed by atoms with Crippen LogP contribution >= 0.6 is 11.6 Å². The Morgan fingerprint density at radius 2 is 1.81 bits per heavy atom. The summed E-state index contributed by atoms with van der Waals surface area (Å²) in [5, 5.41) is 3.71. The fraction of sp³-hybridized carbons (Fsp3) is 0.579. The topological polar surface area (TPSA) is 61.9 Å². The number of amides is 3. The maximum atomic E-state index is 12.6. The van der Waals surface area contributed by atoms with Gasteiger partial charge in [-0.25, -0.2) is 9.59 Å². The highest BCUT2D eigenvalue weighted by Crippen LogP contribution is 2.21. The predicted octanol–water partition coefficient (Wildman–Crippen LogP) is 4.05. The average Bonchev–Trinajstić information content (AvgIpc) is 2.58. The zero-order chi connectivity index (χ0) is 19.3. The van der Waals surface area contributed by atoms with Gasteiger partial charge >= 0.3 is 12.1 Å². The Morgan fingerprint density at radius 3 is 2.35 bits per heavy atom. The molecule has 1 aromatic carbocycles. The molecule has 1 atom stereocenters. The molecule has 0 spiro atoms. The fourth-order valence-electron chi connectivity index (χ4n) is 2.80. The number of urea groups is 1. The Hall–Kier alpha value is -1.95. The van der Waals surface area contributed by atoms with Crippen LogP contribution in [0.1, 0.15) is 45.7 Å². The maximum Gasteiger partial charge on any atom is 0.410 e. The van der Waals surface area contributed by atoms with Crippen molar-refractivity contribution in [2.24, 2.45) is 0 Å². The Labute approximate surface area is 160 Å². The zero-order valence-corrected chi connectivity index (χ0v) is 16.7. The summed E-state index contributed by atoms with van der Waals surface area (Å²) < 4.78 is 5.38. The van der Waals surface area contributed by atoms with Crippen molar-refractivity contribution in [1.82, 2.24) is 15.1 Å². The first-order chi connectivity index (χ1) is 12.2. The van der Waals surface area contributed by atoms with E-state index < -0.39 is 5.60 Å². The molecule has 26 heavy (non-hydrogen) atoms. The third-order valence-corrected chi connectivity index (χ3v) is 4.41. The van der Waals surface area contributed by atoms with Crippen LogP contribution in [0.3, 0.4) is 0 Å². The molecule has 1 heterocycles. The predicted molar refractivity (Wildman–Crippen MR) is 102 cm³/mol. The van der Waals surface area contributed by atoms with E-state index in [0.29, 0.717) is 31.2 Å². The van der Waals surface area contributed by atoms with Crippen molar-refractivity contribution in [2.45, 2.75) is 45.8 Å². The molecular weight excluding hydrogens is 354 g/mol. The highest BCUT2D eigenvalue weighted by Gasteiger charge is 2.28. The lowest BCUT2D eigenvalue weighted by Crippen LogP contribution is -2.54. The monoisotopic (exact) mass is 381 g/mol. The maximum absolute atomic E-state index is 12.6. The first-order valence-electron chi connectivity index (χ1n) is 8.98. The Kier molecular flexibility index (Phi) is 6.75. The van der Waals surface area contributed by atoms with Gasteiger partial charge in [-0.2, -0.15) is 0 Å². The molecule has 1 aliphatic rings. The van der Waals surface area contributed by atoms with E-state index in [9.17, 15) is 9.59 Å². The first-order valence-corrected chi connectivity index (χ1v) is 9.36. The molecule has 1 aromatic rings. The molecule has 0 aliphatic carbocycles. The van der Waals surface area contributed by atoms with Crippen molar-refractivity contribution in [3.63, 3.8) is 0 Å². The second-order valence-electron chi connectivity index (χ2n) is 7.42. The van der Waals surface area contributed by atoms with Crippen LogP contribution in [0, 0.1) is 0 Å². The van der Waals surface area contributed by atoms with Gasteiger partial charge in [0, 0.05) is 31.2 Å². The van der Waals surface area contributed by atoms with Crippen molar-refractivity contribution in [1.29, 1.82) is 0 Å². The SMILES string of the molecule is CCC(NC(=O)N1CCN(C(=O)OC(C)(C)C)CC1)c1cccc(Cl)c1. The summed E-state index contributed by atoms with van der Waals surface area (Å²) in [5.41, 5.74) is 0.470. The average molecular weight is 382 g/mol. The van der Waals surface area contributed by atoms with Crippen molar-refractivity contribution >= 4 is 23.7 Å². The molecule has 2 rings (SSSR count). The standard InChI is InChI=1S/C19H28ClN3O3/c1-5-16(14-7-6-8-15(20)13-14)21-17(24)22-9-11-23(12-10-22)18(25)26-19(2,3)4/h6-8,13,16H,5,9-12H2,1-4H3,(H,21,24). The van der Waals surface area contributed by atoms with E-state index in [1.807, 2.05) is 52.0 Å². The summed E-state index contributed by atoms with van der Waals surface area (Å²) in [6.07, 6.45) is 0.437. The van der Waals surface area contributed by atoms with Crippen LogP contribution in [0.25, 0.3) is 0 Å². The number of ether oxygens (including phenoxy) is 1. The minimum atomic E-state index is -0.517. The lowest BCUT2D eigenvalue weighted by atomic mass is 10.0. The summed E-state index contributed by atoms with van der Waals surface area (Å²) in [7, 11) is 0. The number of carbonyl (C=O) groups excluding carboxylic acids is 2. The summed E-state index contributed by atoms with van der Waals surface area (Å²) in [5.74, 6) is 0. The summed E-state index contributed by atoms with van der Waals surface area (Å²) in [4.78, 5) is 28.1. The van der Waals surface area contributed by atoms with Gasteiger partial charge in [0.1, 0.15) is 5.60 Å². The number of benzene rings is 1. The second-order valence-corrected chi connectivity index (χ2v) is 7.86. The van der Waals surface area contributed by atoms with E-state index in [0.717, 1.165) is 12.0 Å². The van der Waals surface area contributed by atoms with Gasteiger partial charge in [-0.3, -0.25) is 0 Å². The molecule has 1 fully saturated rings. The van der Waals surface area contributed by atoms with Crippen LogP contribution in [-0.4, -0.2) is 53.7 Å². The van der Waals surface area contributed by atoms with Crippen molar-refractivity contribution in [2.75, 3.05) is 26.2 Å². The number of carbonyl (C=O) groups is 2. The van der Waals surface area contributed by atoms with E-state index in [-0.39, 0.29) is 18.2 Å². The quantitative estimate of drug-likeness (QED) is 0.858. The Balaban J connectivity index is 1.88. The highest BCUT2D eigenvalue weighted by molar-refractivity contribution is 6.30. The highest BCUT2D eigenvalue weighted by atomic mass is 35.5. The molecule has 1 unspecified atom stereocenters. The number of nitrogens with zero attached hydrogens (tertiary/aromatic N) is 2. The zero-order valence-electron chi connectivity index (χ0n) is 15.9. The van der Waals surface area contributed by atoms with E-state index in [4.69, 9.17) is 16.3 Å². The van der Waals surface area contributed by atoms with Crippen LogP contribution in [-0.2, 0) is 4.74 Å². The third kappa shape index (κ3) is 5.80. The number of halogens is 1. The molecule has 1 N–H and O–H groups in total. The first kappa shape index (κ1) is 20.4. The number of nitrogens with one attached hydrogen (secondary N) is 1. The smallest absolute Gasteiger partial charge is 0.410 e. The summed E-state index contributed by atoms with van der Waals surface area (Å²) in [6.45, 7) is 9.45. The Morgan fingerprint density at radius 1 is 1.19 bits per heavy atom. The minimum absolute atomic E-state index is 0.0925. The molecule has 7 heteroatoms. The summed E-state index contributed by atoms with van der Waals surface area (Å²) in [6, 6.07) is 7.31. The number of piperazine rings is 1. The largest absolute Gasteiger partial charge is 0.444 e. The van der Waals surface area contributed by atoms with E-state index in [2.05, 4.69) is 5.32 Å². The van der Waals surface area contributed by atoms with Crippen LogP contribution in [0.15, 0.2) is 24.3 Å². The van der Waals surface area contributed by atoms with E-state index in [1.165, 1.54) is 0 Å². The van der Waals surface area contributed by atoms with E-state index >= 15 is 0 Å². The molecule has 144 valence electrons. The van der Waals surface area contributed by atoms with Gasteiger partial charge in [-0.05, 0) is 44.9 Å². The van der Waals surface area contributed by atoms with E-state index in [1.54, 1.807) is 9.80 Å².